The van der Waals surface area contributed by atoms with Crippen molar-refractivity contribution in [2.45, 2.75) is 6.17 Å². The molecule has 2 heterocycles. The molecule has 4 nitrogen and oxygen atoms in total. The van der Waals surface area contributed by atoms with E-state index in [2.05, 4.69) is 32.9 Å². The second-order valence-electron chi connectivity index (χ2n) is 2.79. The third kappa shape index (κ3) is 1.70. The van der Waals surface area contributed by atoms with Gasteiger partial charge in [0.25, 0.3) is 0 Å². The Morgan fingerprint density at radius 2 is 2.62 bits per heavy atom. The number of nitrogens with zero attached hydrogens (tertiary/aromatic N) is 2. The highest BCUT2D eigenvalue weighted by atomic mass is 127. The topological polar surface area (TPSA) is 45.2 Å². The van der Waals surface area contributed by atoms with E-state index in [1.165, 1.54) is 0 Å². The molecule has 0 spiro atoms. The maximum atomic E-state index is 11.2. The lowest BCUT2D eigenvalue weighted by Crippen LogP contribution is -2.25. The SMILES string of the molecule is CN1C(=O)CNC1c1ncc(I)s1. The van der Waals surface area contributed by atoms with Crippen LogP contribution in [0.2, 0.25) is 0 Å². The highest BCUT2D eigenvalue weighted by Crippen LogP contribution is 2.25. The van der Waals surface area contributed by atoms with E-state index >= 15 is 0 Å². The zero-order chi connectivity index (χ0) is 9.42. The van der Waals surface area contributed by atoms with Crippen molar-refractivity contribution in [1.82, 2.24) is 15.2 Å². The number of aromatic nitrogens is 1. The van der Waals surface area contributed by atoms with Gasteiger partial charge >= 0.3 is 0 Å². The Bertz CT molecular complexity index is 340. The lowest BCUT2D eigenvalue weighted by molar-refractivity contribution is -0.126. The van der Waals surface area contributed by atoms with Crippen molar-refractivity contribution in [1.29, 1.82) is 0 Å². The summed E-state index contributed by atoms with van der Waals surface area (Å²) in [7, 11) is 1.79. The maximum absolute atomic E-state index is 11.2. The molecule has 13 heavy (non-hydrogen) atoms. The zero-order valence-corrected chi connectivity index (χ0v) is 9.92. The van der Waals surface area contributed by atoms with Crippen LogP contribution in [0.3, 0.4) is 0 Å². The van der Waals surface area contributed by atoms with E-state index in [0.29, 0.717) is 6.54 Å². The van der Waals surface area contributed by atoms with Crippen LogP contribution in [0.4, 0.5) is 0 Å². The van der Waals surface area contributed by atoms with Crippen molar-refractivity contribution >= 4 is 39.8 Å². The van der Waals surface area contributed by atoms with Crippen LogP contribution < -0.4 is 5.32 Å². The van der Waals surface area contributed by atoms with E-state index in [4.69, 9.17) is 0 Å². The number of carbonyl (C=O) groups is 1. The Kier molecular flexibility index (Phi) is 2.52. The van der Waals surface area contributed by atoms with Gasteiger partial charge in [0.05, 0.1) is 15.6 Å². The molecule has 0 aliphatic carbocycles. The molecule has 0 aromatic carbocycles. The predicted octanol–water partition coefficient (Wildman–Crippen LogP) is 0.808. The summed E-state index contributed by atoms with van der Waals surface area (Å²) in [6.07, 6.45) is 1.79. The van der Waals surface area contributed by atoms with Crippen LogP contribution in [0.5, 0.6) is 0 Å². The summed E-state index contributed by atoms with van der Waals surface area (Å²) in [5, 5.41) is 4.06. The number of hydrogen-bond acceptors (Lipinski definition) is 4. The Hall–Kier alpha value is -0.210. The van der Waals surface area contributed by atoms with Gasteiger partial charge in [-0.1, -0.05) is 0 Å². The van der Waals surface area contributed by atoms with Gasteiger partial charge in [0.1, 0.15) is 11.2 Å². The van der Waals surface area contributed by atoms with Crippen molar-refractivity contribution in [2.24, 2.45) is 0 Å². The molecule has 1 amide bonds. The molecule has 2 rings (SSSR count). The zero-order valence-electron chi connectivity index (χ0n) is 6.95. The Morgan fingerprint density at radius 3 is 3.08 bits per heavy atom. The summed E-state index contributed by atoms with van der Waals surface area (Å²) in [4.78, 5) is 17.1. The van der Waals surface area contributed by atoms with Gasteiger partial charge in [0.15, 0.2) is 0 Å². The third-order valence-corrected chi connectivity index (χ3v) is 3.73. The van der Waals surface area contributed by atoms with Gasteiger partial charge < -0.3 is 4.90 Å². The number of halogens is 1. The lowest BCUT2D eigenvalue weighted by atomic mass is 10.5. The van der Waals surface area contributed by atoms with Gasteiger partial charge in [0.2, 0.25) is 5.91 Å². The second kappa shape index (κ2) is 3.50. The van der Waals surface area contributed by atoms with Gasteiger partial charge in [-0.05, 0) is 22.6 Å². The van der Waals surface area contributed by atoms with Gasteiger partial charge in [-0.3, -0.25) is 10.1 Å². The van der Waals surface area contributed by atoms with E-state index in [1.807, 2.05) is 6.20 Å². The molecule has 0 bridgehead atoms. The van der Waals surface area contributed by atoms with Crippen LogP contribution in [-0.4, -0.2) is 29.4 Å². The van der Waals surface area contributed by atoms with Crippen molar-refractivity contribution in [3.63, 3.8) is 0 Å². The van der Waals surface area contributed by atoms with Crippen LogP contribution in [0, 0.1) is 2.88 Å². The van der Waals surface area contributed by atoms with Crippen LogP contribution in [0.1, 0.15) is 11.2 Å². The molecule has 1 atom stereocenters. The standard InChI is InChI=1S/C7H8IN3OS/c1-11-5(12)3-9-6(11)7-10-2-4(8)13-7/h2,6,9H,3H2,1H3. The quantitative estimate of drug-likeness (QED) is 0.781. The van der Waals surface area contributed by atoms with E-state index in [-0.39, 0.29) is 12.1 Å². The first kappa shape index (κ1) is 9.35. The minimum Gasteiger partial charge on any atom is -0.323 e. The molecule has 1 aliphatic rings. The molecule has 1 aliphatic heterocycles. The summed E-state index contributed by atoms with van der Waals surface area (Å²) >= 11 is 3.83. The van der Waals surface area contributed by atoms with E-state index in [1.54, 1.807) is 23.3 Å². The van der Waals surface area contributed by atoms with Crippen LogP contribution in [-0.2, 0) is 4.79 Å². The fourth-order valence-electron chi connectivity index (χ4n) is 1.24. The fourth-order valence-corrected chi connectivity index (χ4v) is 2.82. The molecule has 1 saturated heterocycles. The molecule has 1 fully saturated rings. The van der Waals surface area contributed by atoms with Crippen molar-refractivity contribution in [3.8, 4) is 0 Å². The molecule has 0 saturated carbocycles. The number of carbonyl (C=O) groups excluding carboxylic acids is 1. The molecule has 70 valence electrons. The van der Waals surface area contributed by atoms with Crippen LogP contribution in [0.15, 0.2) is 6.20 Å². The summed E-state index contributed by atoms with van der Waals surface area (Å²) in [6.45, 7) is 0.414. The minimum absolute atomic E-state index is 0.0268. The normalized spacial score (nSPS) is 22.8. The molecular weight excluding hydrogens is 301 g/mol. The molecule has 1 N–H and O–H groups in total. The molecule has 0 radical (unpaired) electrons. The minimum atomic E-state index is -0.0268. The highest BCUT2D eigenvalue weighted by molar-refractivity contribution is 14.1. The lowest BCUT2D eigenvalue weighted by Gasteiger charge is -2.16. The first-order chi connectivity index (χ1) is 6.18. The number of hydrogen-bond donors (Lipinski definition) is 1. The van der Waals surface area contributed by atoms with Gasteiger partial charge in [-0.15, -0.1) is 11.3 Å². The monoisotopic (exact) mass is 309 g/mol. The van der Waals surface area contributed by atoms with Gasteiger partial charge in [-0.25, -0.2) is 4.98 Å². The van der Waals surface area contributed by atoms with Crippen molar-refractivity contribution in [3.05, 3.63) is 14.1 Å². The van der Waals surface area contributed by atoms with Gasteiger partial charge in [0, 0.05) is 7.05 Å². The third-order valence-electron chi connectivity index (χ3n) is 1.96. The predicted molar refractivity (Wildman–Crippen MR) is 58.3 cm³/mol. The van der Waals surface area contributed by atoms with E-state index in [0.717, 1.165) is 7.89 Å². The summed E-state index contributed by atoms with van der Waals surface area (Å²) < 4.78 is 1.14. The number of nitrogens with one attached hydrogen (secondary N) is 1. The summed E-state index contributed by atoms with van der Waals surface area (Å²) in [5.74, 6) is 0.121. The summed E-state index contributed by atoms with van der Waals surface area (Å²) in [5.41, 5.74) is 0. The van der Waals surface area contributed by atoms with Gasteiger partial charge in [-0.2, -0.15) is 0 Å². The second-order valence-corrected chi connectivity index (χ2v) is 5.75. The maximum Gasteiger partial charge on any atom is 0.237 e. The molecule has 1 unspecified atom stereocenters. The average molecular weight is 309 g/mol. The van der Waals surface area contributed by atoms with E-state index in [9.17, 15) is 4.79 Å². The van der Waals surface area contributed by atoms with Crippen molar-refractivity contribution < 1.29 is 4.79 Å². The first-order valence-electron chi connectivity index (χ1n) is 3.79. The average Bonchev–Trinajstić information content (AvgIpc) is 2.62. The van der Waals surface area contributed by atoms with E-state index < -0.39 is 0 Å². The summed E-state index contributed by atoms with van der Waals surface area (Å²) in [6, 6.07) is 0. The van der Waals surface area contributed by atoms with Crippen LogP contribution >= 0.6 is 33.9 Å². The highest BCUT2D eigenvalue weighted by Gasteiger charge is 2.30. The number of thiazole rings is 1. The molecule has 1 aromatic rings. The van der Waals surface area contributed by atoms with Crippen LogP contribution in [0.25, 0.3) is 0 Å². The fraction of sp³-hybridized carbons (Fsp3) is 0.429. The Labute approximate surface area is 93.5 Å². The molecular formula is C7H8IN3OS. The number of amides is 1. The molecule has 1 aromatic heterocycles. The largest absolute Gasteiger partial charge is 0.323 e. The first-order valence-corrected chi connectivity index (χ1v) is 5.68. The Balaban J connectivity index is 2.23. The molecule has 6 heteroatoms. The number of likely N-dealkylation sites (N-methyl/N-ethyl adjacent to an activating group) is 1. The smallest absolute Gasteiger partial charge is 0.237 e. The Morgan fingerprint density at radius 1 is 1.85 bits per heavy atom. The number of rotatable bonds is 1. The van der Waals surface area contributed by atoms with Crippen molar-refractivity contribution in [2.75, 3.05) is 13.6 Å².